The van der Waals surface area contributed by atoms with Crippen molar-refractivity contribution in [3.8, 4) is 0 Å². The lowest BCUT2D eigenvalue weighted by Crippen LogP contribution is -2.64. The Balaban J connectivity index is 1.69. The number of hydrogen-bond donors (Lipinski definition) is 1. The van der Waals surface area contributed by atoms with E-state index < -0.39 is 73.2 Å². The van der Waals surface area contributed by atoms with Gasteiger partial charge in [0.05, 0.1) is 4.90 Å². The summed E-state index contributed by atoms with van der Waals surface area (Å²) >= 11 is 0. The highest BCUT2D eigenvalue weighted by Gasteiger charge is 2.74. The van der Waals surface area contributed by atoms with Crippen molar-refractivity contribution in [1.82, 2.24) is 10.2 Å². The van der Waals surface area contributed by atoms with Crippen LogP contribution in [0.2, 0.25) is 0 Å². The second-order valence-corrected chi connectivity index (χ2v) is 14.2. The van der Waals surface area contributed by atoms with Crippen molar-refractivity contribution in [2.24, 2.45) is 11.8 Å². The maximum Gasteiger partial charge on any atom is 0.435 e. The van der Waals surface area contributed by atoms with Gasteiger partial charge in [-0.1, -0.05) is 18.2 Å². The summed E-state index contributed by atoms with van der Waals surface area (Å²) in [6.45, 7) is 3.34. The Morgan fingerprint density at radius 1 is 0.955 bits per heavy atom. The molecule has 0 unspecified atom stereocenters. The van der Waals surface area contributed by atoms with E-state index in [4.69, 9.17) is 0 Å². The van der Waals surface area contributed by atoms with Gasteiger partial charge < -0.3 is 10.2 Å². The first-order valence-corrected chi connectivity index (χ1v) is 15.3. The molecule has 0 aromatic heterocycles. The molecule has 1 saturated carbocycles. The van der Waals surface area contributed by atoms with Crippen LogP contribution in [-0.2, 0) is 36.3 Å². The number of rotatable bonds is 4. The molecule has 15 heteroatoms. The van der Waals surface area contributed by atoms with Gasteiger partial charge in [0.2, 0.25) is 11.8 Å². The Labute approximate surface area is 247 Å². The second-order valence-electron chi connectivity index (χ2n) is 12.0. The van der Waals surface area contributed by atoms with Crippen LogP contribution in [0.25, 0.3) is 0 Å². The Bertz CT molecular complexity index is 1590. The number of carbonyl (C=O) groups is 2. The number of carbonyl (C=O) groups excluding carboxylic acids is 2. The number of fused-ring (bicyclic) bond motifs is 3. The van der Waals surface area contributed by atoms with Gasteiger partial charge in [-0.3, -0.25) is 9.59 Å². The first-order valence-electron chi connectivity index (χ1n) is 13.8. The van der Waals surface area contributed by atoms with E-state index in [0.717, 1.165) is 30.3 Å². The molecular formula is C29H28F8N2O4S. The van der Waals surface area contributed by atoms with E-state index in [1.165, 1.54) is 18.7 Å². The molecule has 0 spiro atoms. The normalized spacial score (nSPS) is 25.7. The third-order valence-corrected chi connectivity index (χ3v) is 12.0. The minimum atomic E-state index is -6.37. The van der Waals surface area contributed by atoms with Crippen molar-refractivity contribution in [2.75, 3.05) is 13.1 Å². The third-order valence-electron chi connectivity index (χ3n) is 9.41. The van der Waals surface area contributed by atoms with Gasteiger partial charge in [0.25, 0.3) is 0 Å². The maximum atomic E-state index is 15.0. The summed E-state index contributed by atoms with van der Waals surface area (Å²) in [6, 6.07) is 5.23. The first-order chi connectivity index (χ1) is 20.2. The number of aryl methyl sites for hydroxylation is 1. The van der Waals surface area contributed by atoms with Gasteiger partial charge in [0.1, 0.15) is 16.1 Å². The SMILES string of the molecule is CC1(C)C(=O)NCCN1C(=O)[C@@H]1CC[C@@]2(S(=O)(=O)c3ccc(F)cc3)c3ccc(C(F)(C(F)(F)F)C(F)(F)F)cc3CC[C@@H]12. The van der Waals surface area contributed by atoms with Gasteiger partial charge in [-0.05, 0) is 80.8 Å². The average Bonchev–Trinajstić information content (AvgIpc) is 3.34. The molecule has 44 heavy (non-hydrogen) atoms. The molecule has 1 N–H and O–H groups in total. The molecule has 3 aliphatic rings. The summed E-state index contributed by atoms with van der Waals surface area (Å²) in [7, 11) is -4.59. The summed E-state index contributed by atoms with van der Waals surface area (Å²) in [5.74, 6) is -3.68. The van der Waals surface area contributed by atoms with Crippen molar-refractivity contribution in [3.63, 3.8) is 0 Å². The highest BCUT2D eigenvalue weighted by atomic mass is 32.2. The van der Waals surface area contributed by atoms with Crippen LogP contribution >= 0.6 is 0 Å². The van der Waals surface area contributed by atoms with Gasteiger partial charge in [-0.2, -0.15) is 26.3 Å². The smallest absolute Gasteiger partial charge is 0.352 e. The lowest BCUT2D eigenvalue weighted by Gasteiger charge is -2.45. The number of amides is 2. The standard InChI is InChI=1S/C29H28F8N2O4S/c1-25(2)24(41)38-13-14-39(25)23(40)20-11-12-26(44(42,43)19-7-5-18(30)6-8-19)21-10-4-17(15-16(21)3-9-22(20)26)27(31,28(32,33)34)29(35,36)37/h4-8,10,15,20,22H,3,9,11-14H2,1-2H3,(H,38,41)/t20-,22+,26-/m1/s1. The number of alkyl halides is 7. The van der Waals surface area contributed by atoms with Crippen LogP contribution in [0.1, 0.15) is 49.8 Å². The van der Waals surface area contributed by atoms with E-state index in [9.17, 15) is 53.1 Å². The third kappa shape index (κ3) is 4.43. The van der Waals surface area contributed by atoms with Gasteiger partial charge >= 0.3 is 18.0 Å². The summed E-state index contributed by atoms with van der Waals surface area (Å²) < 4.78 is 137. The van der Waals surface area contributed by atoms with E-state index in [0.29, 0.717) is 6.07 Å². The zero-order chi connectivity index (χ0) is 32.7. The first kappa shape index (κ1) is 32.2. The summed E-state index contributed by atoms with van der Waals surface area (Å²) in [4.78, 5) is 27.5. The lowest BCUT2D eigenvalue weighted by molar-refractivity contribution is -0.348. The van der Waals surface area contributed by atoms with Crippen molar-refractivity contribution in [2.45, 2.75) is 72.7 Å². The lowest BCUT2D eigenvalue weighted by atomic mass is 9.72. The van der Waals surface area contributed by atoms with Crippen molar-refractivity contribution < 1.29 is 53.1 Å². The molecule has 1 saturated heterocycles. The van der Waals surface area contributed by atoms with E-state index in [1.807, 2.05) is 0 Å². The fourth-order valence-corrected chi connectivity index (χ4v) is 9.63. The van der Waals surface area contributed by atoms with Crippen LogP contribution in [0.15, 0.2) is 47.4 Å². The van der Waals surface area contributed by atoms with Crippen molar-refractivity contribution in [3.05, 3.63) is 65.0 Å². The zero-order valence-corrected chi connectivity index (χ0v) is 24.3. The molecule has 1 aliphatic heterocycles. The topological polar surface area (TPSA) is 83.6 Å². The highest BCUT2D eigenvalue weighted by Crippen LogP contribution is 2.61. The fraction of sp³-hybridized carbons (Fsp3) is 0.517. The number of sulfone groups is 1. The molecule has 2 aromatic rings. The van der Waals surface area contributed by atoms with Crippen LogP contribution in [0.4, 0.5) is 35.1 Å². The van der Waals surface area contributed by atoms with Gasteiger partial charge in [0, 0.05) is 24.6 Å². The van der Waals surface area contributed by atoms with Crippen LogP contribution in [0, 0.1) is 17.7 Å². The van der Waals surface area contributed by atoms with Gasteiger partial charge in [-0.25, -0.2) is 17.2 Å². The quantitative estimate of drug-likeness (QED) is 0.350. The Morgan fingerprint density at radius 3 is 2.16 bits per heavy atom. The number of piperazine rings is 1. The molecule has 2 aromatic carbocycles. The summed E-state index contributed by atoms with van der Waals surface area (Å²) in [6.07, 6.45) is -13.4. The number of hydrogen-bond acceptors (Lipinski definition) is 4. The molecule has 240 valence electrons. The van der Waals surface area contributed by atoms with E-state index in [-0.39, 0.29) is 60.9 Å². The van der Waals surface area contributed by atoms with Crippen LogP contribution < -0.4 is 5.32 Å². The van der Waals surface area contributed by atoms with Crippen LogP contribution in [0.5, 0.6) is 0 Å². The van der Waals surface area contributed by atoms with E-state index in [2.05, 4.69) is 5.32 Å². The molecular weight excluding hydrogens is 624 g/mol. The maximum absolute atomic E-state index is 15.0. The highest BCUT2D eigenvalue weighted by molar-refractivity contribution is 7.92. The number of benzene rings is 2. The number of nitrogens with one attached hydrogen (secondary N) is 1. The predicted molar refractivity (Wildman–Crippen MR) is 140 cm³/mol. The van der Waals surface area contributed by atoms with Crippen LogP contribution in [-0.4, -0.2) is 56.1 Å². The van der Waals surface area contributed by atoms with Crippen LogP contribution in [0.3, 0.4) is 0 Å². The molecule has 6 nitrogen and oxygen atoms in total. The molecule has 2 aliphatic carbocycles. The molecule has 0 bridgehead atoms. The van der Waals surface area contributed by atoms with E-state index >= 15 is 0 Å². The predicted octanol–water partition coefficient (Wildman–Crippen LogP) is 5.49. The summed E-state index contributed by atoms with van der Waals surface area (Å²) in [5.41, 5.74) is -9.11. The second kappa shape index (κ2) is 10.1. The molecule has 2 fully saturated rings. The largest absolute Gasteiger partial charge is 0.435 e. The molecule has 1 heterocycles. The summed E-state index contributed by atoms with van der Waals surface area (Å²) in [5, 5.41) is 2.66. The minimum absolute atomic E-state index is 0.0303. The van der Waals surface area contributed by atoms with Crippen molar-refractivity contribution in [1.29, 1.82) is 0 Å². The molecule has 0 radical (unpaired) electrons. The number of nitrogens with zero attached hydrogens (tertiary/aromatic N) is 1. The van der Waals surface area contributed by atoms with Crippen molar-refractivity contribution >= 4 is 21.7 Å². The van der Waals surface area contributed by atoms with E-state index in [1.54, 1.807) is 0 Å². The average molecular weight is 653 g/mol. The number of halogens is 8. The van der Waals surface area contributed by atoms with Gasteiger partial charge in [-0.15, -0.1) is 0 Å². The minimum Gasteiger partial charge on any atom is -0.352 e. The molecule has 5 rings (SSSR count). The monoisotopic (exact) mass is 652 g/mol. The Morgan fingerprint density at radius 2 is 1.57 bits per heavy atom. The van der Waals surface area contributed by atoms with Gasteiger partial charge in [0.15, 0.2) is 9.84 Å². The zero-order valence-electron chi connectivity index (χ0n) is 23.5. The molecule has 3 atom stereocenters. The fourth-order valence-electron chi connectivity index (χ4n) is 7.16. The Hall–Kier alpha value is -3.23. The Kier molecular flexibility index (Phi) is 7.42. The molecule has 2 amide bonds.